The summed E-state index contributed by atoms with van der Waals surface area (Å²) in [5.41, 5.74) is 0.672. The molecule has 0 aliphatic heterocycles. The van der Waals surface area contributed by atoms with E-state index in [-0.39, 0.29) is 5.91 Å². The van der Waals surface area contributed by atoms with Crippen molar-refractivity contribution < 1.29 is 4.79 Å². The molecule has 1 heterocycles. The third-order valence-electron chi connectivity index (χ3n) is 1.76. The molecule has 1 rings (SSSR count). The van der Waals surface area contributed by atoms with Crippen molar-refractivity contribution in [2.24, 2.45) is 0 Å². The largest absolute Gasteiger partial charge is 0.352 e. The second-order valence-electron chi connectivity index (χ2n) is 3.55. The average molecular weight is 222 g/mol. The summed E-state index contributed by atoms with van der Waals surface area (Å²) >= 11 is 0. The molecule has 0 radical (unpaired) electrons. The van der Waals surface area contributed by atoms with Crippen molar-refractivity contribution in [3.8, 4) is 0 Å². The molecule has 1 amide bonds. The molecule has 1 N–H and O–H groups in total. The first-order valence-electron chi connectivity index (χ1n) is 5.94. The van der Waals surface area contributed by atoms with Crippen molar-refractivity contribution in [3.63, 3.8) is 0 Å². The summed E-state index contributed by atoms with van der Waals surface area (Å²) < 4.78 is 0. The molecule has 0 saturated carbocycles. The highest BCUT2D eigenvalue weighted by Crippen LogP contribution is 1.95. The zero-order valence-electron chi connectivity index (χ0n) is 10.5. The molecule has 0 fully saturated rings. The standard InChI is InChI=1S/C10H14N2O.C3H8/c1-2-3-6-12-10(13)9-4-7-11-8-5-9;1-3-2/h4-5,7-8H,2-3,6H2,1H3,(H,12,13);3H2,1-2H3. The monoisotopic (exact) mass is 222 g/mol. The number of hydrogen-bond donors (Lipinski definition) is 1. The van der Waals surface area contributed by atoms with Gasteiger partial charge in [-0.05, 0) is 18.6 Å². The summed E-state index contributed by atoms with van der Waals surface area (Å²) in [7, 11) is 0. The lowest BCUT2D eigenvalue weighted by atomic mass is 10.2. The Hall–Kier alpha value is -1.38. The van der Waals surface area contributed by atoms with Gasteiger partial charge in [-0.25, -0.2) is 0 Å². The van der Waals surface area contributed by atoms with E-state index in [1.807, 2.05) is 0 Å². The van der Waals surface area contributed by atoms with Gasteiger partial charge < -0.3 is 5.32 Å². The fourth-order valence-electron chi connectivity index (χ4n) is 0.984. The molecule has 90 valence electrons. The molecule has 3 nitrogen and oxygen atoms in total. The van der Waals surface area contributed by atoms with Gasteiger partial charge in [0.05, 0.1) is 0 Å². The number of rotatable bonds is 4. The summed E-state index contributed by atoms with van der Waals surface area (Å²) in [6, 6.07) is 3.42. The fourth-order valence-corrected chi connectivity index (χ4v) is 0.984. The molecule has 0 atom stereocenters. The Kier molecular flexibility index (Phi) is 9.27. The topological polar surface area (TPSA) is 42.0 Å². The van der Waals surface area contributed by atoms with Crippen molar-refractivity contribution in [2.45, 2.75) is 40.0 Å². The first kappa shape index (κ1) is 14.6. The maximum Gasteiger partial charge on any atom is 0.251 e. The Morgan fingerprint density at radius 2 is 1.81 bits per heavy atom. The van der Waals surface area contributed by atoms with E-state index >= 15 is 0 Å². The van der Waals surface area contributed by atoms with Crippen LogP contribution in [0.25, 0.3) is 0 Å². The van der Waals surface area contributed by atoms with Crippen molar-refractivity contribution in [3.05, 3.63) is 30.1 Å². The van der Waals surface area contributed by atoms with Crippen LogP contribution in [-0.4, -0.2) is 17.4 Å². The maximum atomic E-state index is 11.4. The van der Waals surface area contributed by atoms with Crippen LogP contribution in [0.2, 0.25) is 0 Å². The van der Waals surface area contributed by atoms with Crippen LogP contribution >= 0.6 is 0 Å². The van der Waals surface area contributed by atoms with E-state index in [9.17, 15) is 4.79 Å². The van der Waals surface area contributed by atoms with Gasteiger partial charge in [-0.15, -0.1) is 0 Å². The first-order chi connectivity index (χ1) is 7.76. The molecule has 0 bridgehead atoms. The third kappa shape index (κ3) is 6.98. The van der Waals surface area contributed by atoms with Crippen molar-refractivity contribution >= 4 is 5.91 Å². The minimum absolute atomic E-state index is 0.0177. The summed E-state index contributed by atoms with van der Waals surface area (Å²) in [4.78, 5) is 15.2. The quantitative estimate of drug-likeness (QED) is 0.796. The second kappa shape index (κ2) is 10.1. The van der Waals surface area contributed by atoms with E-state index in [0.717, 1.165) is 19.4 Å². The smallest absolute Gasteiger partial charge is 0.251 e. The highest BCUT2D eigenvalue weighted by Gasteiger charge is 2.01. The van der Waals surface area contributed by atoms with Crippen molar-refractivity contribution in [2.75, 3.05) is 6.54 Å². The van der Waals surface area contributed by atoms with Crippen molar-refractivity contribution in [1.82, 2.24) is 10.3 Å². The molecule has 0 saturated heterocycles. The Morgan fingerprint density at radius 3 is 2.31 bits per heavy atom. The van der Waals surface area contributed by atoms with Gasteiger partial charge in [-0.2, -0.15) is 0 Å². The molecule has 0 spiro atoms. The highest BCUT2D eigenvalue weighted by molar-refractivity contribution is 5.93. The predicted octanol–water partition coefficient (Wildman–Crippen LogP) is 3.03. The maximum absolute atomic E-state index is 11.4. The van der Waals surface area contributed by atoms with Crippen LogP contribution < -0.4 is 5.32 Å². The lowest BCUT2D eigenvalue weighted by Gasteiger charge is -2.02. The molecular formula is C13H22N2O. The normalized spacial score (nSPS) is 8.94. The second-order valence-corrected chi connectivity index (χ2v) is 3.55. The molecule has 0 unspecified atom stereocenters. The van der Waals surface area contributed by atoms with Crippen LogP contribution in [0, 0.1) is 0 Å². The van der Waals surface area contributed by atoms with Crippen LogP contribution in [0.15, 0.2) is 24.5 Å². The number of unbranched alkanes of at least 4 members (excludes halogenated alkanes) is 1. The fraction of sp³-hybridized carbons (Fsp3) is 0.538. The Morgan fingerprint density at radius 1 is 1.25 bits per heavy atom. The van der Waals surface area contributed by atoms with E-state index < -0.39 is 0 Å². The molecule has 0 aromatic carbocycles. The van der Waals surface area contributed by atoms with Gasteiger partial charge in [0.25, 0.3) is 5.91 Å². The Balaban J connectivity index is 0.000000673. The molecular weight excluding hydrogens is 200 g/mol. The predicted molar refractivity (Wildman–Crippen MR) is 67.4 cm³/mol. The first-order valence-corrected chi connectivity index (χ1v) is 5.94. The third-order valence-corrected chi connectivity index (χ3v) is 1.76. The van der Waals surface area contributed by atoms with Gasteiger partial charge in [0.15, 0.2) is 0 Å². The van der Waals surface area contributed by atoms with E-state index in [1.54, 1.807) is 24.5 Å². The molecule has 16 heavy (non-hydrogen) atoms. The van der Waals surface area contributed by atoms with E-state index in [4.69, 9.17) is 0 Å². The number of amides is 1. The number of nitrogens with zero attached hydrogens (tertiary/aromatic N) is 1. The Labute approximate surface area is 98.3 Å². The van der Waals surface area contributed by atoms with Crippen LogP contribution in [0.5, 0.6) is 0 Å². The number of nitrogens with one attached hydrogen (secondary N) is 1. The van der Waals surface area contributed by atoms with Gasteiger partial charge in [-0.3, -0.25) is 9.78 Å². The number of carbonyl (C=O) groups is 1. The van der Waals surface area contributed by atoms with Gasteiger partial charge in [0.2, 0.25) is 0 Å². The van der Waals surface area contributed by atoms with Crippen LogP contribution in [0.1, 0.15) is 50.4 Å². The minimum atomic E-state index is -0.0177. The number of hydrogen-bond acceptors (Lipinski definition) is 2. The summed E-state index contributed by atoms with van der Waals surface area (Å²) in [5, 5.41) is 2.83. The van der Waals surface area contributed by atoms with Gasteiger partial charge in [-0.1, -0.05) is 33.6 Å². The summed E-state index contributed by atoms with van der Waals surface area (Å²) in [5.74, 6) is -0.0177. The minimum Gasteiger partial charge on any atom is -0.352 e. The number of carbonyl (C=O) groups excluding carboxylic acids is 1. The highest BCUT2D eigenvalue weighted by atomic mass is 16.1. The molecule has 3 heteroatoms. The van der Waals surface area contributed by atoms with Gasteiger partial charge >= 0.3 is 0 Å². The van der Waals surface area contributed by atoms with Crippen LogP contribution in [0.3, 0.4) is 0 Å². The molecule has 0 aliphatic carbocycles. The van der Waals surface area contributed by atoms with Crippen molar-refractivity contribution in [1.29, 1.82) is 0 Å². The number of aromatic nitrogens is 1. The lowest BCUT2D eigenvalue weighted by molar-refractivity contribution is 0.0953. The molecule has 0 aliphatic rings. The SMILES string of the molecule is CCC.CCCCNC(=O)c1ccncc1. The van der Waals surface area contributed by atoms with Gasteiger partial charge in [0.1, 0.15) is 0 Å². The lowest BCUT2D eigenvalue weighted by Crippen LogP contribution is -2.24. The van der Waals surface area contributed by atoms with Crippen LogP contribution in [0.4, 0.5) is 0 Å². The Bertz CT molecular complexity index is 273. The van der Waals surface area contributed by atoms with Crippen LogP contribution in [-0.2, 0) is 0 Å². The summed E-state index contributed by atoms with van der Waals surface area (Å²) in [6.07, 6.45) is 6.61. The molecule has 1 aromatic heterocycles. The van der Waals surface area contributed by atoms with E-state index in [0.29, 0.717) is 5.56 Å². The summed E-state index contributed by atoms with van der Waals surface area (Å²) in [6.45, 7) is 7.09. The average Bonchev–Trinajstić information content (AvgIpc) is 2.31. The van der Waals surface area contributed by atoms with E-state index in [1.165, 1.54) is 6.42 Å². The van der Waals surface area contributed by atoms with E-state index in [2.05, 4.69) is 31.1 Å². The molecule has 1 aromatic rings. The number of pyridine rings is 1. The zero-order valence-corrected chi connectivity index (χ0v) is 10.5. The zero-order chi connectivity index (χ0) is 12.2. The van der Waals surface area contributed by atoms with Gasteiger partial charge in [0, 0.05) is 24.5 Å².